The molecular formula is C12H16N6O2. The van der Waals surface area contributed by atoms with E-state index in [0.717, 1.165) is 18.7 Å². The SMILES string of the molecule is Cc1nc2c(N)ncnc2n1[C@@H]1CC[C@@H](C(=O)NO)C1. The number of hydrogen-bond acceptors (Lipinski definition) is 6. The van der Waals surface area contributed by atoms with Crippen LogP contribution in [0.15, 0.2) is 6.33 Å². The highest BCUT2D eigenvalue weighted by Crippen LogP contribution is 2.37. The summed E-state index contributed by atoms with van der Waals surface area (Å²) in [5.74, 6) is 0.659. The lowest BCUT2D eigenvalue weighted by Crippen LogP contribution is -2.26. The van der Waals surface area contributed by atoms with Gasteiger partial charge in [0.25, 0.3) is 0 Å². The van der Waals surface area contributed by atoms with Crippen LogP contribution < -0.4 is 11.2 Å². The molecule has 4 N–H and O–H groups in total. The summed E-state index contributed by atoms with van der Waals surface area (Å²) in [6.07, 6.45) is 3.65. The topological polar surface area (TPSA) is 119 Å². The predicted molar refractivity (Wildman–Crippen MR) is 70.8 cm³/mol. The van der Waals surface area contributed by atoms with Gasteiger partial charge in [0, 0.05) is 12.0 Å². The Hall–Kier alpha value is -2.22. The smallest absolute Gasteiger partial charge is 0.246 e. The van der Waals surface area contributed by atoms with Crippen LogP contribution in [0.2, 0.25) is 0 Å². The molecular weight excluding hydrogens is 260 g/mol. The molecule has 0 aliphatic heterocycles. The average Bonchev–Trinajstić information content (AvgIpc) is 3.02. The third-order valence-corrected chi connectivity index (χ3v) is 3.93. The third-order valence-electron chi connectivity index (χ3n) is 3.93. The van der Waals surface area contributed by atoms with E-state index in [0.29, 0.717) is 23.4 Å². The van der Waals surface area contributed by atoms with E-state index in [-0.39, 0.29) is 17.9 Å². The Morgan fingerprint density at radius 1 is 1.50 bits per heavy atom. The molecule has 8 nitrogen and oxygen atoms in total. The maximum Gasteiger partial charge on any atom is 0.246 e. The van der Waals surface area contributed by atoms with Crippen molar-refractivity contribution in [2.75, 3.05) is 5.73 Å². The van der Waals surface area contributed by atoms with Crippen molar-refractivity contribution in [2.24, 2.45) is 5.92 Å². The number of nitrogens with two attached hydrogens (primary N) is 1. The third kappa shape index (κ3) is 1.88. The number of hydroxylamine groups is 1. The number of anilines is 1. The fourth-order valence-electron chi connectivity index (χ4n) is 2.99. The van der Waals surface area contributed by atoms with Gasteiger partial charge in [0.2, 0.25) is 5.91 Å². The van der Waals surface area contributed by atoms with Gasteiger partial charge in [0.1, 0.15) is 12.2 Å². The lowest BCUT2D eigenvalue weighted by molar-refractivity contribution is -0.133. The lowest BCUT2D eigenvalue weighted by atomic mass is 10.1. The number of rotatable bonds is 2. The number of carbonyl (C=O) groups excluding carboxylic acids is 1. The van der Waals surface area contributed by atoms with E-state index < -0.39 is 0 Å². The molecule has 0 saturated heterocycles. The Kier molecular flexibility index (Phi) is 3.01. The molecule has 20 heavy (non-hydrogen) atoms. The van der Waals surface area contributed by atoms with Gasteiger partial charge in [0.15, 0.2) is 17.0 Å². The van der Waals surface area contributed by atoms with Crippen LogP contribution in [0, 0.1) is 12.8 Å². The van der Waals surface area contributed by atoms with Crippen molar-refractivity contribution in [3.63, 3.8) is 0 Å². The minimum atomic E-state index is -0.330. The molecule has 8 heteroatoms. The number of fused-ring (bicyclic) bond motifs is 1. The van der Waals surface area contributed by atoms with Crippen molar-refractivity contribution in [1.82, 2.24) is 25.0 Å². The monoisotopic (exact) mass is 276 g/mol. The summed E-state index contributed by atoms with van der Waals surface area (Å²) in [5, 5.41) is 8.72. The number of nitrogen functional groups attached to an aromatic ring is 1. The molecule has 0 spiro atoms. The van der Waals surface area contributed by atoms with Crippen molar-refractivity contribution in [1.29, 1.82) is 0 Å². The molecule has 2 heterocycles. The Bertz CT molecular complexity index is 667. The molecule has 1 amide bonds. The molecule has 0 aromatic carbocycles. The van der Waals surface area contributed by atoms with Gasteiger partial charge in [-0.15, -0.1) is 0 Å². The second-order valence-electron chi connectivity index (χ2n) is 5.10. The van der Waals surface area contributed by atoms with Gasteiger partial charge in [-0.2, -0.15) is 0 Å². The van der Waals surface area contributed by atoms with E-state index in [1.807, 2.05) is 11.5 Å². The highest BCUT2D eigenvalue weighted by atomic mass is 16.5. The second-order valence-corrected chi connectivity index (χ2v) is 5.10. The van der Waals surface area contributed by atoms with Crippen molar-refractivity contribution in [3.05, 3.63) is 12.2 Å². The standard InChI is InChI=1S/C12H16N6O2/c1-6-16-9-10(13)14-5-15-11(9)18(6)8-3-2-7(4-8)12(19)17-20/h5,7-8,20H,2-4H2,1H3,(H,17,19)(H2,13,14,15)/t7-,8-/m1/s1. The molecule has 0 unspecified atom stereocenters. The molecule has 2 aromatic rings. The first-order valence-electron chi connectivity index (χ1n) is 6.50. The van der Waals surface area contributed by atoms with E-state index in [4.69, 9.17) is 10.9 Å². The molecule has 2 atom stereocenters. The van der Waals surface area contributed by atoms with Crippen LogP contribution in [-0.4, -0.2) is 30.6 Å². The Morgan fingerprint density at radius 3 is 3.05 bits per heavy atom. The normalized spacial score (nSPS) is 22.3. The summed E-state index contributed by atoms with van der Waals surface area (Å²) in [7, 11) is 0. The molecule has 106 valence electrons. The first-order chi connectivity index (χ1) is 9.61. The van der Waals surface area contributed by atoms with Crippen LogP contribution in [0.4, 0.5) is 5.82 Å². The molecule has 0 radical (unpaired) electrons. The summed E-state index contributed by atoms with van der Waals surface area (Å²) in [4.78, 5) is 24.1. The molecule has 1 fully saturated rings. The van der Waals surface area contributed by atoms with Crippen LogP contribution in [-0.2, 0) is 4.79 Å². The number of carbonyl (C=O) groups is 1. The molecule has 1 aliphatic carbocycles. The van der Waals surface area contributed by atoms with Crippen LogP contribution in [0.1, 0.15) is 31.1 Å². The summed E-state index contributed by atoms with van der Waals surface area (Å²) < 4.78 is 2.01. The number of amides is 1. The summed E-state index contributed by atoms with van der Waals surface area (Å²) >= 11 is 0. The zero-order valence-electron chi connectivity index (χ0n) is 11.1. The van der Waals surface area contributed by atoms with Gasteiger partial charge >= 0.3 is 0 Å². The maximum atomic E-state index is 11.5. The Labute approximate surface area is 115 Å². The number of hydrogen-bond donors (Lipinski definition) is 3. The van der Waals surface area contributed by atoms with Crippen LogP contribution >= 0.6 is 0 Å². The second kappa shape index (κ2) is 4.71. The number of nitrogens with one attached hydrogen (secondary N) is 1. The fourth-order valence-corrected chi connectivity index (χ4v) is 2.99. The van der Waals surface area contributed by atoms with Gasteiger partial charge in [-0.3, -0.25) is 10.0 Å². The first-order valence-corrected chi connectivity index (χ1v) is 6.50. The van der Waals surface area contributed by atoms with E-state index in [2.05, 4.69) is 15.0 Å². The van der Waals surface area contributed by atoms with Gasteiger partial charge in [-0.1, -0.05) is 0 Å². The van der Waals surface area contributed by atoms with Crippen molar-refractivity contribution in [2.45, 2.75) is 32.2 Å². The first kappa shape index (κ1) is 12.8. The van der Waals surface area contributed by atoms with Gasteiger partial charge in [-0.25, -0.2) is 20.4 Å². The van der Waals surface area contributed by atoms with Crippen LogP contribution in [0.3, 0.4) is 0 Å². The van der Waals surface area contributed by atoms with Crippen LogP contribution in [0.5, 0.6) is 0 Å². The predicted octanol–water partition coefficient (Wildman–Crippen LogP) is 0.564. The molecule has 0 bridgehead atoms. The zero-order valence-corrected chi connectivity index (χ0v) is 11.1. The quantitative estimate of drug-likeness (QED) is 0.545. The van der Waals surface area contributed by atoms with E-state index in [1.165, 1.54) is 6.33 Å². The number of imidazole rings is 1. The molecule has 2 aromatic heterocycles. The van der Waals surface area contributed by atoms with Crippen LogP contribution in [0.25, 0.3) is 11.2 Å². The Morgan fingerprint density at radius 2 is 2.30 bits per heavy atom. The average molecular weight is 276 g/mol. The zero-order chi connectivity index (χ0) is 14.3. The maximum absolute atomic E-state index is 11.5. The van der Waals surface area contributed by atoms with E-state index >= 15 is 0 Å². The number of nitrogens with zero attached hydrogens (tertiary/aromatic N) is 4. The summed E-state index contributed by atoms with van der Waals surface area (Å²) in [6.45, 7) is 1.89. The van der Waals surface area contributed by atoms with Gasteiger partial charge < -0.3 is 10.3 Å². The van der Waals surface area contributed by atoms with E-state index in [9.17, 15) is 4.79 Å². The lowest BCUT2D eigenvalue weighted by Gasteiger charge is -2.14. The van der Waals surface area contributed by atoms with E-state index in [1.54, 1.807) is 5.48 Å². The fraction of sp³-hybridized carbons (Fsp3) is 0.500. The number of aromatic nitrogens is 4. The van der Waals surface area contributed by atoms with Crippen molar-refractivity contribution in [3.8, 4) is 0 Å². The van der Waals surface area contributed by atoms with Gasteiger partial charge in [0.05, 0.1) is 0 Å². The summed E-state index contributed by atoms with van der Waals surface area (Å²) in [6, 6.07) is 0.136. The number of aryl methyl sites for hydroxylation is 1. The molecule has 1 aliphatic rings. The largest absolute Gasteiger partial charge is 0.382 e. The Balaban J connectivity index is 1.98. The minimum absolute atomic E-state index is 0.136. The highest BCUT2D eigenvalue weighted by Gasteiger charge is 2.32. The van der Waals surface area contributed by atoms with Gasteiger partial charge in [-0.05, 0) is 26.2 Å². The molecule has 1 saturated carbocycles. The highest BCUT2D eigenvalue weighted by molar-refractivity contribution is 5.82. The van der Waals surface area contributed by atoms with Crippen molar-refractivity contribution < 1.29 is 10.0 Å². The van der Waals surface area contributed by atoms with Crippen molar-refractivity contribution >= 4 is 22.9 Å². The summed E-state index contributed by atoms with van der Waals surface area (Å²) in [5.41, 5.74) is 8.83. The minimum Gasteiger partial charge on any atom is -0.382 e. The molecule has 3 rings (SSSR count).